The van der Waals surface area contributed by atoms with Crippen LogP contribution < -0.4 is 4.90 Å². The molecular formula is C23H23N3O3. The number of hydrogen-bond donors (Lipinski definition) is 0. The average molecular weight is 389 g/mol. The van der Waals surface area contributed by atoms with Crippen molar-refractivity contribution in [1.82, 2.24) is 9.78 Å². The normalized spacial score (nSPS) is 16.4. The van der Waals surface area contributed by atoms with Gasteiger partial charge < -0.3 is 9.64 Å². The maximum Gasteiger partial charge on any atom is 0.338 e. The van der Waals surface area contributed by atoms with E-state index in [1.807, 2.05) is 56.3 Å². The zero-order valence-electron chi connectivity index (χ0n) is 16.7. The SMILES string of the molecule is Cc1ccnn1-c1ccc(C(=O)O[C@H](C)C(=O)N2c3ccccc3C[C@@H]2C)cc1. The Morgan fingerprint density at radius 2 is 1.83 bits per heavy atom. The minimum Gasteiger partial charge on any atom is -0.449 e. The third-order valence-corrected chi connectivity index (χ3v) is 5.26. The van der Waals surface area contributed by atoms with Crippen molar-refractivity contribution >= 4 is 17.6 Å². The largest absolute Gasteiger partial charge is 0.449 e. The molecule has 1 aliphatic rings. The summed E-state index contributed by atoms with van der Waals surface area (Å²) in [7, 11) is 0. The standard InChI is InChI=1S/C23H23N3O3/c1-15-12-13-24-26(15)20-10-8-18(9-11-20)23(28)29-17(3)22(27)25-16(2)14-19-6-4-5-7-21(19)25/h4-13,16-17H,14H2,1-3H3/t16-,17+/m0/s1. The summed E-state index contributed by atoms with van der Waals surface area (Å²) in [6.45, 7) is 5.58. The highest BCUT2D eigenvalue weighted by atomic mass is 16.5. The molecule has 2 heterocycles. The van der Waals surface area contributed by atoms with Crippen LogP contribution in [-0.4, -0.2) is 33.8 Å². The Kier molecular flexibility index (Phi) is 4.92. The fourth-order valence-corrected chi connectivity index (χ4v) is 3.75. The van der Waals surface area contributed by atoms with Crippen molar-refractivity contribution in [2.24, 2.45) is 0 Å². The highest BCUT2D eigenvalue weighted by Gasteiger charge is 2.34. The van der Waals surface area contributed by atoms with Gasteiger partial charge >= 0.3 is 5.97 Å². The molecule has 2 atom stereocenters. The number of anilines is 1. The predicted molar refractivity (Wildman–Crippen MR) is 110 cm³/mol. The second kappa shape index (κ2) is 7.54. The summed E-state index contributed by atoms with van der Waals surface area (Å²) in [4.78, 5) is 27.3. The molecule has 4 rings (SSSR count). The number of fused-ring (bicyclic) bond motifs is 1. The first-order chi connectivity index (χ1) is 14.0. The maximum absolute atomic E-state index is 13.0. The Morgan fingerprint density at radius 3 is 2.52 bits per heavy atom. The number of benzene rings is 2. The summed E-state index contributed by atoms with van der Waals surface area (Å²) in [6, 6.07) is 16.8. The molecule has 0 saturated carbocycles. The minimum absolute atomic E-state index is 0.0395. The molecule has 29 heavy (non-hydrogen) atoms. The predicted octanol–water partition coefficient (Wildman–Crippen LogP) is 3.70. The second-order valence-electron chi connectivity index (χ2n) is 7.37. The van der Waals surface area contributed by atoms with Crippen molar-refractivity contribution in [2.75, 3.05) is 4.90 Å². The Morgan fingerprint density at radius 1 is 1.10 bits per heavy atom. The molecule has 0 aliphatic carbocycles. The van der Waals surface area contributed by atoms with Gasteiger partial charge in [0.25, 0.3) is 5.91 Å². The summed E-state index contributed by atoms with van der Waals surface area (Å²) >= 11 is 0. The van der Waals surface area contributed by atoms with E-state index in [0.717, 1.165) is 29.1 Å². The van der Waals surface area contributed by atoms with Gasteiger partial charge in [-0.25, -0.2) is 9.48 Å². The molecule has 6 heteroatoms. The van der Waals surface area contributed by atoms with Crippen molar-refractivity contribution in [3.63, 3.8) is 0 Å². The van der Waals surface area contributed by atoms with E-state index in [1.165, 1.54) is 0 Å². The highest BCUT2D eigenvalue weighted by molar-refractivity contribution is 6.00. The van der Waals surface area contributed by atoms with Gasteiger partial charge in [0.15, 0.2) is 6.10 Å². The highest BCUT2D eigenvalue weighted by Crippen LogP contribution is 2.32. The Labute approximate surface area is 169 Å². The van der Waals surface area contributed by atoms with E-state index in [9.17, 15) is 9.59 Å². The maximum atomic E-state index is 13.0. The molecule has 3 aromatic rings. The fraction of sp³-hybridized carbons (Fsp3) is 0.261. The molecule has 0 bridgehead atoms. The third-order valence-electron chi connectivity index (χ3n) is 5.26. The second-order valence-corrected chi connectivity index (χ2v) is 7.37. The minimum atomic E-state index is -0.871. The van der Waals surface area contributed by atoms with Crippen molar-refractivity contribution in [3.8, 4) is 5.69 Å². The van der Waals surface area contributed by atoms with Crippen LogP contribution in [0.4, 0.5) is 5.69 Å². The molecule has 0 unspecified atom stereocenters. The van der Waals surface area contributed by atoms with Crippen LogP contribution in [0.5, 0.6) is 0 Å². The Bertz CT molecular complexity index is 1060. The van der Waals surface area contributed by atoms with E-state index < -0.39 is 12.1 Å². The van der Waals surface area contributed by atoms with Crippen LogP contribution in [0.25, 0.3) is 5.69 Å². The van der Waals surface area contributed by atoms with Gasteiger partial charge in [0.1, 0.15) is 0 Å². The quantitative estimate of drug-likeness (QED) is 0.638. The van der Waals surface area contributed by atoms with Gasteiger partial charge in [-0.3, -0.25) is 4.79 Å². The zero-order chi connectivity index (χ0) is 20.5. The van der Waals surface area contributed by atoms with Crippen LogP contribution in [-0.2, 0) is 16.0 Å². The van der Waals surface area contributed by atoms with E-state index in [4.69, 9.17) is 4.74 Å². The lowest BCUT2D eigenvalue weighted by Crippen LogP contribution is -2.43. The van der Waals surface area contributed by atoms with Crippen LogP contribution in [0, 0.1) is 6.92 Å². The van der Waals surface area contributed by atoms with Gasteiger partial charge in [-0.2, -0.15) is 5.10 Å². The van der Waals surface area contributed by atoms with Crippen LogP contribution >= 0.6 is 0 Å². The molecule has 1 aliphatic heterocycles. The number of esters is 1. The van der Waals surface area contributed by atoms with Gasteiger partial charge in [-0.05, 0) is 69.2 Å². The number of rotatable bonds is 4. The monoisotopic (exact) mass is 389 g/mol. The number of amides is 1. The number of nitrogens with zero attached hydrogens (tertiary/aromatic N) is 3. The van der Waals surface area contributed by atoms with Crippen LogP contribution in [0.15, 0.2) is 60.8 Å². The lowest BCUT2D eigenvalue weighted by atomic mass is 10.1. The number of aryl methyl sites for hydroxylation is 1. The van der Waals surface area contributed by atoms with E-state index in [1.54, 1.807) is 34.8 Å². The summed E-state index contributed by atoms with van der Waals surface area (Å²) in [5.74, 6) is -0.727. The van der Waals surface area contributed by atoms with Gasteiger partial charge in [-0.1, -0.05) is 18.2 Å². The first-order valence-corrected chi connectivity index (χ1v) is 9.68. The molecule has 1 amide bonds. The molecular weight excluding hydrogens is 366 g/mol. The first-order valence-electron chi connectivity index (χ1n) is 9.68. The lowest BCUT2D eigenvalue weighted by molar-refractivity contribution is -0.126. The summed E-state index contributed by atoms with van der Waals surface area (Å²) in [5.41, 5.74) is 4.28. The molecule has 0 radical (unpaired) electrons. The van der Waals surface area contributed by atoms with Crippen molar-refractivity contribution in [2.45, 2.75) is 39.3 Å². The van der Waals surface area contributed by atoms with Gasteiger partial charge in [0.2, 0.25) is 0 Å². The van der Waals surface area contributed by atoms with Gasteiger partial charge in [-0.15, -0.1) is 0 Å². The van der Waals surface area contributed by atoms with Crippen LogP contribution in [0.2, 0.25) is 0 Å². The van der Waals surface area contributed by atoms with Gasteiger partial charge in [0.05, 0.1) is 11.3 Å². The number of carbonyl (C=O) groups excluding carboxylic acids is 2. The summed E-state index contributed by atoms with van der Waals surface area (Å²) < 4.78 is 7.26. The molecule has 6 nitrogen and oxygen atoms in total. The van der Waals surface area contributed by atoms with E-state index in [0.29, 0.717) is 5.56 Å². The molecule has 0 fully saturated rings. The first kappa shape index (κ1) is 18.9. The van der Waals surface area contributed by atoms with Crippen LogP contribution in [0.3, 0.4) is 0 Å². The number of carbonyl (C=O) groups is 2. The van der Waals surface area contributed by atoms with Crippen molar-refractivity contribution < 1.29 is 14.3 Å². The number of para-hydroxylation sites is 1. The summed E-state index contributed by atoms with van der Waals surface area (Å²) in [5, 5.41) is 4.25. The van der Waals surface area contributed by atoms with Crippen LogP contribution in [0.1, 0.15) is 35.5 Å². The fourth-order valence-electron chi connectivity index (χ4n) is 3.75. The number of ether oxygens (including phenoxy) is 1. The molecule has 1 aromatic heterocycles. The average Bonchev–Trinajstić information content (AvgIpc) is 3.29. The molecule has 148 valence electrons. The molecule has 0 N–H and O–H groups in total. The third kappa shape index (κ3) is 3.53. The summed E-state index contributed by atoms with van der Waals surface area (Å²) in [6.07, 6.45) is 1.66. The van der Waals surface area contributed by atoms with E-state index in [-0.39, 0.29) is 11.9 Å². The lowest BCUT2D eigenvalue weighted by Gasteiger charge is -2.26. The topological polar surface area (TPSA) is 64.4 Å². The van der Waals surface area contributed by atoms with Crippen molar-refractivity contribution in [3.05, 3.63) is 77.6 Å². The molecule has 0 spiro atoms. The van der Waals surface area contributed by atoms with E-state index in [2.05, 4.69) is 5.10 Å². The number of hydrogen-bond acceptors (Lipinski definition) is 4. The number of aromatic nitrogens is 2. The Hall–Kier alpha value is -3.41. The molecule has 0 saturated heterocycles. The smallest absolute Gasteiger partial charge is 0.338 e. The van der Waals surface area contributed by atoms with Gasteiger partial charge in [0, 0.05) is 23.6 Å². The van der Waals surface area contributed by atoms with Crippen molar-refractivity contribution in [1.29, 1.82) is 0 Å². The zero-order valence-corrected chi connectivity index (χ0v) is 16.7. The molecule has 2 aromatic carbocycles. The Balaban J connectivity index is 1.46. The van der Waals surface area contributed by atoms with E-state index >= 15 is 0 Å².